The Morgan fingerprint density at radius 1 is 0.968 bits per heavy atom. The van der Waals surface area contributed by atoms with Crippen LogP contribution in [0.25, 0.3) is 28.2 Å². The van der Waals surface area contributed by atoms with Gasteiger partial charge in [0.15, 0.2) is 0 Å². The van der Waals surface area contributed by atoms with Crippen LogP contribution in [0.1, 0.15) is 5.56 Å². The quantitative estimate of drug-likeness (QED) is 0.381. The molecule has 31 heavy (non-hydrogen) atoms. The lowest BCUT2D eigenvalue weighted by atomic mass is 10.1. The van der Waals surface area contributed by atoms with Gasteiger partial charge in [0.05, 0.1) is 19.8 Å². The van der Waals surface area contributed by atoms with Gasteiger partial charge < -0.3 is 19.7 Å². The molecule has 0 bridgehead atoms. The topological polar surface area (TPSA) is 46.4 Å². The third-order valence-corrected chi connectivity index (χ3v) is 5.34. The summed E-state index contributed by atoms with van der Waals surface area (Å²) >= 11 is 0. The van der Waals surface area contributed by atoms with E-state index in [4.69, 9.17) is 4.74 Å². The van der Waals surface area contributed by atoms with Gasteiger partial charge in [-0.3, -0.25) is 0 Å². The molecule has 0 spiro atoms. The highest BCUT2D eigenvalue weighted by Gasteiger charge is 2.14. The minimum absolute atomic E-state index is 0.502. The van der Waals surface area contributed by atoms with E-state index in [0.29, 0.717) is 19.6 Å². The first-order chi connectivity index (χ1) is 15.2. The lowest BCUT2D eigenvalue weighted by Gasteiger charge is -2.16. The van der Waals surface area contributed by atoms with Gasteiger partial charge in [-0.2, -0.15) is 0 Å². The third-order valence-electron chi connectivity index (χ3n) is 5.34. The van der Waals surface area contributed by atoms with Crippen molar-refractivity contribution in [3.63, 3.8) is 0 Å². The standard InChI is InChI=1S/C27H28N2O2/c1-31-25-15-13-22(14-16-25)27-18-23-11-5-6-12-26(23)29(27)20-24(30)19-28-17-7-10-21-8-3-2-4-9-21/h2-16,18,24,28,30H,17,19-20H2,1H3. The van der Waals surface area contributed by atoms with Crippen LogP contribution in [0.15, 0.2) is 91.0 Å². The molecule has 4 rings (SSSR count). The summed E-state index contributed by atoms with van der Waals surface area (Å²) in [6.45, 7) is 1.75. The van der Waals surface area contributed by atoms with E-state index in [9.17, 15) is 5.11 Å². The maximum Gasteiger partial charge on any atom is 0.118 e. The highest BCUT2D eigenvalue weighted by atomic mass is 16.5. The molecule has 1 atom stereocenters. The molecule has 2 N–H and O–H groups in total. The van der Waals surface area contributed by atoms with Crippen molar-refractivity contribution in [3.8, 4) is 17.0 Å². The van der Waals surface area contributed by atoms with Crippen molar-refractivity contribution in [2.24, 2.45) is 0 Å². The number of methoxy groups -OCH3 is 1. The molecule has 0 saturated heterocycles. The smallest absolute Gasteiger partial charge is 0.118 e. The Bertz CT molecular complexity index is 1130. The number of ether oxygens (including phenoxy) is 1. The first-order valence-electron chi connectivity index (χ1n) is 10.6. The summed E-state index contributed by atoms with van der Waals surface area (Å²) < 4.78 is 7.49. The Kier molecular flexibility index (Phi) is 6.82. The minimum Gasteiger partial charge on any atom is -0.497 e. The third kappa shape index (κ3) is 5.23. The fraction of sp³-hybridized carbons (Fsp3) is 0.185. The Hall–Kier alpha value is -3.34. The van der Waals surface area contributed by atoms with Crippen LogP contribution >= 0.6 is 0 Å². The zero-order valence-corrected chi connectivity index (χ0v) is 17.7. The van der Waals surface area contributed by atoms with E-state index < -0.39 is 6.10 Å². The average molecular weight is 413 g/mol. The fourth-order valence-corrected chi connectivity index (χ4v) is 3.78. The van der Waals surface area contributed by atoms with Gasteiger partial charge in [-0.15, -0.1) is 0 Å². The molecule has 1 unspecified atom stereocenters. The average Bonchev–Trinajstić information content (AvgIpc) is 3.18. The number of aliphatic hydroxyl groups excluding tert-OH is 1. The number of nitrogens with zero attached hydrogens (tertiary/aromatic N) is 1. The molecule has 0 radical (unpaired) electrons. The van der Waals surface area contributed by atoms with Gasteiger partial charge in [0, 0.05) is 29.7 Å². The highest BCUT2D eigenvalue weighted by molar-refractivity contribution is 5.87. The van der Waals surface area contributed by atoms with Crippen molar-refractivity contribution in [2.75, 3.05) is 20.2 Å². The van der Waals surface area contributed by atoms with E-state index in [0.717, 1.165) is 22.5 Å². The van der Waals surface area contributed by atoms with Gasteiger partial charge in [0.2, 0.25) is 0 Å². The van der Waals surface area contributed by atoms with Crippen LogP contribution in [-0.4, -0.2) is 36.0 Å². The van der Waals surface area contributed by atoms with Crippen molar-refractivity contribution < 1.29 is 9.84 Å². The number of para-hydroxylation sites is 1. The molecule has 0 aliphatic rings. The molecule has 3 aromatic carbocycles. The number of benzene rings is 3. The highest BCUT2D eigenvalue weighted by Crippen LogP contribution is 2.29. The SMILES string of the molecule is COc1ccc(-c2cc3ccccc3n2CC(O)CNCC=Cc2ccccc2)cc1. The van der Waals surface area contributed by atoms with Gasteiger partial charge in [-0.1, -0.05) is 60.7 Å². The largest absolute Gasteiger partial charge is 0.497 e. The monoisotopic (exact) mass is 412 g/mol. The summed E-state index contributed by atoms with van der Waals surface area (Å²) in [5, 5.41) is 15.2. The lowest BCUT2D eigenvalue weighted by molar-refractivity contribution is 0.155. The summed E-state index contributed by atoms with van der Waals surface area (Å²) in [5.41, 5.74) is 4.49. The predicted molar refractivity (Wildman–Crippen MR) is 128 cm³/mol. The summed E-state index contributed by atoms with van der Waals surface area (Å²) in [6.07, 6.45) is 3.66. The van der Waals surface area contributed by atoms with Crippen molar-refractivity contribution in [2.45, 2.75) is 12.6 Å². The first-order valence-corrected chi connectivity index (χ1v) is 10.6. The predicted octanol–water partition coefficient (Wildman–Crippen LogP) is 4.98. The molecule has 4 heteroatoms. The van der Waals surface area contributed by atoms with Crippen LogP contribution in [0.3, 0.4) is 0 Å². The van der Waals surface area contributed by atoms with Gasteiger partial charge in [-0.05, 0) is 47.5 Å². The molecule has 1 aromatic heterocycles. The van der Waals surface area contributed by atoms with E-state index in [1.165, 1.54) is 10.9 Å². The van der Waals surface area contributed by atoms with Gasteiger partial charge in [-0.25, -0.2) is 0 Å². The molecular formula is C27H28N2O2. The molecule has 4 nitrogen and oxygen atoms in total. The first kappa shape index (κ1) is 20.9. The summed E-state index contributed by atoms with van der Waals surface area (Å²) in [4.78, 5) is 0. The Balaban J connectivity index is 1.44. The van der Waals surface area contributed by atoms with Crippen LogP contribution in [0, 0.1) is 0 Å². The molecule has 0 aliphatic heterocycles. The molecule has 0 fully saturated rings. The van der Waals surface area contributed by atoms with Crippen LogP contribution in [-0.2, 0) is 6.54 Å². The molecule has 4 aromatic rings. The molecule has 0 aliphatic carbocycles. The van der Waals surface area contributed by atoms with Crippen molar-refractivity contribution in [3.05, 3.63) is 96.6 Å². The Morgan fingerprint density at radius 3 is 2.48 bits per heavy atom. The number of aliphatic hydroxyl groups is 1. The Labute approximate surface area is 183 Å². The van der Waals surface area contributed by atoms with Gasteiger partial charge in [0.1, 0.15) is 5.75 Å². The van der Waals surface area contributed by atoms with Gasteiger partial charge in [0.25, 0.3) is 0 Å². The minimum atomic E-state index is -0.502. The second-order valence-electron chi connectivity index (χ2n) is 7.55. The molecule has 1 heterocycles. The van der Waals surface area contributed by atoms with Gasteiger partial charge >= 0.3 is 0 Å². The molecule has 0 saturated carbocycles. The van der Waals surface area contributed by atoms with Crippen LogP contribution in [0.5, 0.6) is 5.75 Å². The number of aromatic nitrogens is 1. The summed E-state index contributed by atoms with van der Waals surface area (Å²) in [6, 6.07) is 28.7. The zero-order valence-electron chi connectivity index (χ0n) is 17.7. The summed E-state index contributed by atoms with van der Waals surface area (Å²) in [5.74, 6) is 0.833. The normalized spacial score (nSPS) is 12.5. The van der Waals surface area contributed by atoms with E-state index >= 15 is 0 Å². The number of nitrogens with one attached hydrogen (secondary N) is 1. The zero-order chi connectivity index (χ0) is 21.5. The molecule has 0 amide bonds. The van der Waals surface area contributed by atoms with Crippen molar-refractivity contribution >= 4 is 17.0 Å². The lowest BCUT2D eigenvalue weighted by Crippen LogP contribution is -2.30. The van der Waals surface area contributed by atoms with Crippen LogP contribution in [0.2, 0.25) is 0 Å². The maximum absolute atomic E-state index is 10.7. The van der Waals surface area contributed by atoms with E-state index in [-0.39, 0.29) is 0 Å². The van der Waals surface area contributed by atoms with E-state index in [2.05, 4.69) is 64.5 Å². The number of hydrogen-bond donors (Lipinski definition) is 2. The second kappa shape index (κ2) is 10.1. The van der Waals surface area contributed by atoms with Crippen LogP contribution in [0.4, 0.5) is 0 Å². The number of rotatable bonds is 9. The van der Waals surface area contributed by atoms with Crippen LogP contribution < -0.4 is 10.1 Å². The van der Waals surface area contributed by atoms with E-state index in [1.807, 2.05) is 42.5 Å². The fourth-order valence-electron chi connectivity index (χ4n) is 3.78. The van der Waals surface area contributed by atoms with Crippen molar-refractivity contribution in [1.29, 1.82) is 0 Å². The molecular weight excluding hydrogens is 384 g/mol. The Morgan fingerprint density at radius 2 is 1.71 bits per heavy atom. The van der Waals surface area contributed by atoms with E-state index in [1.54, 1.807) is 7.11 Å². The number of hydrogen-bond acceptors (Lipinski definition) is 3. The summed E-state index contributed by atoms with van der Waals surface area (Å²) in [7, 11) is 1.67. The number of fused-ring (bicyclic) bond motifs is 1. The molecule has 158 valence electrons. The maximum atomic E-state index is 10.7. The second-order valence-corrected chi connectivity index (χ2v) is 7.55. The van der Waals surface area contributed by atoms with Crippen molar-refractivity contribution in [1.82, 2.24) is 9.88 Å².